The van der Waals surface area contributed by atoms with E-state index in [4.69, 9.17) is 9.47 Å². The Morgan fingerprint density at radius 3 is 2.42 bits per heavy atom. The van der Waals surface area contributed by atoms with Crippen molar-refractivity contribution in [2.24, 2.45) is 34.0 Å². The molecule has 10 heteroatoms. The molecule has 1 aromatic rings. The molecule has 9 atom stereocenters. The molecule has 6 aliphatic rings. The number of esters is 1. The molecule has 0 aromatic heterocycles. The summed E-state index contributed by atoms with van der Waals surface area (Å²) in [6.45, 7) is 7.82. The number of hydrogen-bond donors (Lipinski definition) is 3. The van der Waals surface area contributed by atoms with Crippen molar-refractivity contribution in [3.05, 3.63) is 47.5 Å². The molecule has 3 N–H and O–H groups in total. The quantitative estimate of drug-likeness (QED) is 0.393. The van der Waals surface area contributed by atoms with Crippen LogP contribution < -0.4 is 0 Å². The number of aliphatic hydroxyl groups excluding tert-OH is 2. The average molecular weight is 537 g/mol. The SMILES string of the molecule is C=C1C(=O)[C@]23[C@H](OC(=O)c4ccc(C(F)(F)F)cc4)[C@H]1CC[C@H]2[C@@]12CO[C@]3(O)[C@@H](O)[C@@H]1C(C)(C)CC[C@@H]2O. The smallest absolute Gasteiger partial charge is 0.416 e. The van der Waals surface area contributed by atoms with E-state index in [2.05, 4.69) is 6.58 Å². The van der Waals surface area contributed by atoms with Gasteiger partial charge in [0.2, 0.25) is 5.79 Å². The van der Waals surface area contributed by atoms with Gasteiger partial charge in [-0.3, -0.25) is 4.79 Å². The van der Waals surface area contributed by atoms with Crippen LogP contribution in [-0.4, -0.2) is 57.8 Å². The summed E-state index contributed by atoms with van der Waals surface area (Å²) in [4.78, 5) is 27.3. The summed E-state index contributed by atoms with van der Waals surface area (Å²) in [6.07, 6.45) is -6.50. The van der Waals surface area contributed by atoms with E-state index in [9.17, 15) is 38.1 Å². The first-order valence-corrected chi connectivity index (χ1v) is 13.0. The molecular formula is C28H31F3O7. The van der Waals surface area contributed by atoms with Gasteiger partial charge in [0.25, 0.3) is 0 Å². The zero-order chi connectivity index (χ0) is 27.6. The van der Waals surface area contributed by atoms with Crippen molar-refractivity contribution in [2.75, 3.05) is 6.61 Å². The number of Topliss-reactive ketones (excluding diaryl/α,β-unsaturated/α-hetero) is 1. The third-order valence-electron chi connectivity index (χ3n) is 10.5. The van der Waals surface area contributed by atoms with Crippen LogP contribution in [0.3, 0.4) is 0 Å². The van der Waals surface area contributed by atoms with Gasteiger partial charge in [0.15, 0.2) is 5.78 Å². The number of ketones is 1. The molecule has 6 fully saturated rings. The molecule has 7 rings (SSSR count). The lowest BCUT2D eigenvalue weighted by molar-refractivity contribution is -0.457. The zero-order valence-electron chi connectivity index (χ0n) is 21.1. The summed E-state index contributed by atoms with van der Waals surface area (Å²) in [5.41, 5.74) is -4.40. The van der Waals surface area contributed by atoms with Crippen LogP contribution in [0.5, 0.6) is 0 Å². The number of carbonyl (C=O) groups excluding carboxylic acids is 2. The van der Waals surface area contributed by atoms with Crippen molar-refractivity contribution in [3.63, 3.8) is 0 Å². The Bertz CT molecular complexity index is 1230. The van der Waals surface area contributed by atoms with Gasteiger partial charge in [0, 0.05) is 17.3 Å². The number of fused-ring (bicyclic) bond motifs is 2. The molecule has 2 spiro atoms. The largest absolute Gasteiger partial charge is 0.457 e. The third-order valence-corrected chi connectivity index (χ3v) is 10.5. The van der Waals surface area contributed by atoms with E-state index in [1.54, 1.807) is 0 Å². The van der Waals surface area contributed by atoms with Crippen LogP contribution in [0.2, 0.25) is 0 Å². The molecule has 4 saturated carbocycles. The summed E-state index contributed by atoms with van der Waals surface area (Å²) in [5, 5.41) is 35.3. The molecule has 2 heterocycles. The van der Waals surface area contributed by atoms with E-state index in [1.807, 2.05) is 13.8 Å². The molecule has 4 bridgehead atoms. The topological polar surface area (TPSA) is 113 Å². The van der Waals surface area contributed by atoms with Crippen molar-refractivity contribution in [1.82, 2.24) is 0 Å². The molecule has 0 radical (unpaired) electrons. The van der Waals surface area contributed by atoms with E-state index < -0.39 is 81.6 Å². The van der Waals surface area contributed by atoms with Crippen molar-refractivity contribution >= 4 is 11.8 Å². The predicted octanol–water partition coefficient (Wildman–Crippen LogP) is 3.26. The van der Waals surface area contributed by atoms with Crippen LogP contribution in [0.4, 0.5) is 13.2 Å². The van der Waals surface area contributed by atoms with Crippen LogP contribution in [0.25, 0.3) is 0 Å². The maximum absolute atomic E-state index is 14.1. The van der Waals surface area contributed by atoms with Crippen molar-refractivity contribution in [2.45, 2.75) is 69.8 Å². The van der Waals surface area contributed by atoms with E-state index in [1.165, 1.54) is 0 Å². The number of aliphatic hydroxyl groups is 3. The fraction of sp³-hybridized carbons (Fsp3) is 0.643. The first-order chi connectivity index (χ1) is 17.6. The Morgan fingerprint density at radius 1 is 1.13 bits per heavy atom. The molecule has 7 nitrogen and oxygen atoms in total. The van der Waals surface area contributed by atoms with Gasteiger partial charge >= 0.3 is 12.1 Å². The first-order valence-electron chi connectivity index (χ1n) is 13.0. The summed E-state index contributed by atoms with van der Waals surface area (Å²) in [6, 6.07) is 3.53. The molecule has 0 unspecified atom stereocenters. The highest BCUT2D eigenvalue weighted by Crippen LogP contribution is 2.76. The summed E-state index contributed by atoms with van der Waals surface area (Å²) in [7, 11) is 0. The first kappa shape index (κ1) is 26.0. The Kier molecular flexibility index (Phi) is 5.25. The minimum atomic E-state index is -4.58. The molecule has 2 saturated heterocycles. The average Bonchev–Trinajstić information content (AvgIpc) is 2.97. The summed E-state index contributed by atoms with van der Waals surface area (Å²) < 4.78 is 50.9. The number of alkyl halides is 3. The molecule has 1 aromatic carbocycles. The van der Waals surface area contributed by atoms with Crippen LogP contribution in [0, 0.1) is 34.0 Å². The highest BCUT2D eigenvalue weighted by Gasteiger charge is 2.87. The Labute approximate surface area is 217 Å². The van der Waals surface area contributed by atoms with Crippen molar-refractivity contribution in [3.8, 4) is 0 Å². The van der Waals surface area contributed by atoms with E-state index >= 15 is 0 Å². The zero-order valence-corrected chi connectivity index (χ0v) is 21.1. The highest BCUT2D eigenvalue weighted by atomic mass is 19.4. The van der Waals surface area contributed by atoms with Gasteiger partial charge in [-0.05, 0) is 66.9 Å². The Hall–Kier alpha value is -2.27. The van der Waals surface area contributed by atoms with Crippen LogP contribution in [-0.2, 0) is 20.4 Å². The second-order valence-electron chi connectivity index (χ2n) is 12.4. The molecule has 38 heavy (non-hydrogen) atoms. The van der Waals surface area contributed by atoms with Crippen LogP contribution in [0.1, 0.15) is 55.5 Å². The second-order valence-corrected chi connectivity index (χ2v) is 12.4. The molecule has 206 valence electrons. The molecule has 4 aliphatic carbocycles. The number of rotatable bonds is 2. The lowest BCUT2D eigenvalue weighted by atomic mass is 9.35. The van der Waals surface area contributed by atoms with Gasteiger partial charge in [-0.1, -0.05) is 20.4 Å². The number of ether oxygens (including phenoxy) is 2. The normalized spacial score (nSPS) is 44.9. The fourth-order valence-corrected chi connectivity index (χ4v) is 9.02. The molecule has 2 aliphatic heterocycles. The molecule has 0 amide bonds. The van der Waals surface area contributed by atoms with Gasteiger partial charge in [-0.15, -0.1) is 0 Å². The maximum Gasteiger partial charge on any atom is 0.416 e. The summed E-state index contributed by atoms with van der Waals surface area (Å²) >= 11 is 0. The van der Waals surface area contributed by atoms with Crippen molar-refractivity contribution in [1.29, 1.82) is 0 Å². The minimum Gasteiger partial charge on any atom is -0.457 e. The standard InChI is InChI=1S/C28H31F3O7/c1-13-16-8-9-17-25-12-37-27(36,21(34)19(25)24(2,3)11-10-18(25)32)26(17,20(13)33)22(16)38-23(35)14-4-6-15(7-5-14)28(29,30)31/h4-7,16-19,21-22,32,34,36H,1,8-12H2,2-3H3/t16-,17-,18-,19+,21-,22+,25+,26-,27+/m0/s1. The van der Waals surface area contributed by atoms with Gasteiger partial charge in [-0.2, -0.15) is 13.2 Å². The number of hydrogen-bond acceptors (Lipinski definition) is 7. The van der Waals surface area contributed by atoms with Gasteiger partial charge in [0.05, 0.1) is 23.8 Å². The van der Waals surface area contributed by atoms with E-state index in [0.717, 1.165) is 24.3 Å². The van der Waals surface area contributed by atoms with E-state index in [0.29, 0.717) is 25.7 Å². The van der Waals surface area contributed by atoms with Gasteiger partial charge < -0.3 is 24.8 Å². The number of halogens is 3. The number of benzene rings is 1. The molecular weight excluding hydrogens is 505 g/mol. The van der Waals surface area contributed by atoms with Crippen molar-refractivity contribution < 1.29 is 47.6 Å². The fourth-order valence-electron chi connectivity index (χ4n) is 9.02. The van der Waals surface area contributed by atoms with Crippen LogP contribution in [0.15, 0.2) is 36.4 Å². The van der Waals surface area contributed by atoms with E-state index in [-0.39, 0.29) is 17.7 Å². The number of carbonyl (C=O) groups is 2. The Balaban J connectivity index is 1.46. The second kappa shape index (κ2) is 7.68. The monoisotopic (exact) mass is 536 g/mol. The predicted molar refractivity (Wildman–Crippen MR) is 125 cm³/mol. The Morgan fingerprint density at radius 2 is 1.79 bits per heavy atom. The minimum absolute atomic E-state index is 0.0633. The summed E-state index contributed by atoms with van der Waals surface area (Å²) in [5.74, 6) is -5.86. The van der Waals surface area contributed by atoms with Gasteiger partial charge in [-0.25, -0.2) is 4.79 Å². The third kappa shape index (κ3) is 2.84. The maximum atomic E-state index is 14.1. The lowest BCUT2D eigenvalue weighted by Gasteiger charge is -2.74. The van der Waals surface area contributed by atoms with Gasteiger partial charge in [0.1, 0.15) is 17.6 Å². The lowest BCUT2D eigenvalue weighted by Crippen LogP contribution is -2.85. The highest BCUT2D eigenvalue weighted by molar-refractivity contribution is 6.05. The van der Waals surface area contributed by atoms with Crippen LogP contribution >= 0.6 is 0 Å².